The summed E-state index contributed by atoms with van der Waals surface area (Å²) in [6, 6.07) is 6.37. The minimum atomic E-state index is -4.72. The van der Waals surface area contributed by atoms with E-state index in [4.69, 9.17) is 5.26 Å². The smallest absolute Gasteiger partial charge is 0.289 e. The standard InChI is InChI=1S/C20H16F4N4O/c21-18-10-14(7-8-26-18)28-17-4-2-1-3-16(17)27(19(28)29)13-6-5-12(11-25)15(9-13)20(22,23)24/h5-10,16-17H,1-4H2/t16-,17-/m0/s1. The van der Waals surface area contributed by atoms with Crippen molar-refractivity contribution in [1.29, 1.82) is 5.26 Å². The van der Waals surface area contributed by atoms with Crippen LogP contribution in [0.25, 0.3) is 0 Å². The average Bonchev–Trinajstić information content (AvgIpc) is 2.98. The number of alkyl halides is 3. The number of aromatic nitrogens is 1. The number of pyridine rings is 1. The van der Waals surface area contributed by atoms with Crippen LogP contribution in [-0.4, -0.2) is 23.1 Å². The molecule has 2 heterocycles. The number of nitriles is 1. The molecule has 1 saturated heterocycles. The molecular formula is C20H16F4N4O. The largest absolute Gasteiger partial charge is 0.417 e. The molecule has 2 fully saturated rings. The van der Waals surface area contributed by atoms with Gasteiger partial charge in [-0.1, -0.05) is 12.8 Å². The number of rotatable bonds is 2. The highest BCUT2D eigenvalue weighted by Crippen LogP contribution is 2.42. The second-order valence-corrected chi connectivity index (χ2v) is 7.12. The van der Waals surface area contributed by atoms with Crippen molar-refractivity contribution in [2.45, 2.75) is 43.9 Å². The highest BCUT2D eigenvalue weighted by molar-refractivity contribution is 6.07. The zero-order valence-electron chi connectivity index (χ0n) is 15.2. The Morgan fingerprint density at radius 3 is 2.21 bits per heavy atom. The van der Waals surface area contributed by atoms with Gasteiger partial charge in [0.25, 0.3) is 0 Å². The summed E-state index contributed by atoms with van der Waals surface area (Å²) < 4.78 is 53.9. The summed E-state index contributed by atoms with van der Waals surface area (Å²) in [7, 11) is 0. The molecule has 0 unspecified atom stereocenters. The van der Waals surface area contributed by atoms with Crippen LogP contribution in [-0.2, 0) is 6.18 Å². The molecule has 2 aromatic rings. The molecule has 1 saturated carbocycles. The number of anilines is 2. The lowest BCUT2D eigenvalue weighted by Crippen LogP contribution is -2.40. The van der Waals surface area contributed by atoms with E-state index in [1.807, 2.05) is 0 Å². The summed E-state index contributed by atoms with van der Waals surface area (Å²) in [5.74, 6) is -0.737. The Kier molecular flexibility index (Phi) is 4.65. The van der Waals surface area contributed by atoms with E-state index in [9.17, 15) is 22.4 Å². The third-order valence-corrected chi connectivity index (χ3v) is 5.46. The normalized spacial score (nSPS) is 21.8. The zero-order chi connectivity index (χ0) is 20.8. The quantitative estimate of drug-likeness (QED) is 0.530. The minimum absolute atomic E-state index is 0.0789. The maximum atomic E-state index is 13.6. The molecular weight excluding hydrogens is 388 g/mol. The molecule has 9 heteroatoms. The Morgan fingerprint density at radius 1 is 1.03 bits per heavy atom. The Bertz CT molecular complexity index is 1000. The summed E-state index contributed by atoms with van der Waals surface area (Å²) in [5.41, 5.74) is -1.17. The highest BCUT2D eigenvalue weighted by Gasteiger charge is 2.48. The van der Waals surface area contributed by atoms with Crippen LogP contribution >= 0.6 is 0 Å². The molecule has 0 N–H and O–H groups in total. The number of urea groups is 1. The molecule has 29 heavy (non-hydrogen) atoms. The maximum absolute atomic E-state index is 13.6. The summed E-state index contributed by atoms with van der Waals surface area (Å²) in [6.45, 7) is 0. The molecule has 0 spiro atoms. The first-order valence-corrected chi connectivity index (χ1v) is 9.16. The fourth-order valence-corrected chi connectivity index (χ4v) is 4.25. The maximum Gasteiger partial charge on any atom is 0.417 e. The first-order chi connectivity index (χ1) is 13.8. The Balaban J connectivity index is 1.80. The second-order valence-electron chi connectivity index (χ2n) is 7.12. The molecule has 0 radical (unpaired) electrons. The van der Waals surface area contributed by atoms with Crippen molar-refractivity contribution < 1.29 is 22.4 Å². The van der Waals surface area contributed by atoms with Gasteiger partial charge in [0.15, 0.2) is 0 Å². The molecule has 150 valence electrons. The predicted molar refractivity (Wildman–Crippen MR) is 96.8 cm³/mol. The zero-order valence-corrected chi connectivity index (χ0v) is 15.2. The van der Waals surface area contributed by atoms with Gasteiger partial charge in [-0.3, -0.25) is 9.80 Å². The minimum Gasteiger partial charge on any atom is -0.289 e. The lowest BCUT2D eigenvalue weighted by atomic mass is 9.89. The van der Waals surface area contributed by atoms with Crippen molar-refractivity contribution in [3.05, 3.63) is 53.6 Å². The van der Waals surface area contributed by atoms with Crippen molar-refractivity contribution in [2.24, 2.45) is 0 Å². The number of benzene rings is 1. The van der Waals surface area contributed by atoms with E-state index in [0.29, 0.717) is 18.5 Å². The van der Waals surface area contributed by atoms with Crippen LogP contribution in [0.3, 0.4) is 0 Å². The first kappa shape index (κ1) is 19.2. The molecule has 1 aliphatic heterocycles. The number of carbonyl (C=O) groups is 1. The van der Waals surface area contributed by atoms with Crippen molar-refractivity contribution >= 4 is 17.4 Å². The van der Waals surface area contributed by atoms with Gasteiger partial charge in [-0.15, -0.1) is 0 Å². The van der Waals surface area contributed by atoms with Crippen LogP contribution in [0.1, 0.15) is 36.8 Å². The summed E-state index contributed by atoms with van der Waals surface area (Å²) in [5, 5.41) is 9.01. The van der Waals surface area contributed by atoms with Crippen molar-refractivity contribution in [3.8, 4) is 6.07 Å². The van der Waals surface area contributed by atoms with E-state index >= 15 is 0 Å². The number of nitrogens with zero attached hydrogens (tertiary/aromatic N) is 4. The topological polar surface area (TPSA) is 60.2 Å². The van der Waals surface area contributed by atoms with E-state index in [0.717, 1.165) is 31.0 Å². The van der Waals surface area contributed by atoms with E-state index < -0.39 is 29.3 Å². The number of fused-ring (bicyclic) bond motifs is 1. The van der Waals surface area contributed by atoms with Gasteiger partial charge in [-0.05, 0) is 37.1 Å². The predicted octanol–water partition coefficient (Wildman–Crippen LogP) is 4.87. The first-order valence-electron chi connectivity index (χ1n) is 9.16. The summed E-state index contributed by atoms with van der Waals surface area (Å²) >= 11 is 0. The van der Waals surface area contributed by atoms with Gasteiger partial charge in [0.1, 0.15) is 0 Å². The summed E-state index contributed by atoms with van der Waals surface area (Å²) in [6.07, 6.45) is -0.466. The van der Waals surface area contributed by atoms with E-state index in [-0.39, 0.29) is 17.8 Å². The van der Waals surface area contributed by atoms with Crippen molar-refractivity contribution in [3.63, 3.8) is 0 Å². The fourth-order valence-electron chi connectivity index (χ4n) is 4.25. The molecule has 5 nitrogen and oxygen atoms in total. The lowest BCUT2D eigenvalue weighted by molar-refractivity contribution is -0.137. The van der Waals surface area contributed by atoms with Crippen molar-refractivity contribution in [1.82, 2.24) is 4.98 Å². The molecule has 0 bridgehead atoms. The third-order valence-electron chi connectivity index (χ3n) is 5.46. The van der Waals surface area contributed by atoms with E-state index in [1.165, 1.54) is 28.1 Å². The molecule has 2 aliphatic rings. The molecule has 4 rings (SSSR count). The molecule has 1 aromatic carbocycles. The number of hydrogen-bond acceptors (Lipinski definition) is 3. The average molecular weight is 404 g/mol. The molecule has 2 amide bonds. The highest BCUT2D eigenvalue weighted by atomic mass is 19.4. The molecule has 2 atom stereocenters. The monoisotopic (exact) mass is 404 g/mol. The van der Waals surface area contributed by atoms with Crippen LogP contribution in [0, 0.1) is 17.3 Å². The lowest BCUT2D eigenvalue weighted by Gasteiger charge is -2.32. The third kappa shape index (κ3) is 3.28. The van der Waals surface area contributed by atoms with Gasteiger partial charge >= 0.3 is 12.2 Å². The number of halogens is 4. The fraction of sp³-hybridized carbons (Fsp3) is 0.350. The molecule has 1 aliphatic carbocycles. The van der Waals surface area contributed by atoms with Gasteiger partial charge in [0.05, 0.1) is 35.0 Å². The van der Waals surface area contributed by atoms with Gasteiger partial charge in [-0.2, -0.15) is 22.8 Å². The Hall–Kier alpha value is -3.15. The van der Waals surface area contributed by atoms with Crippen molar-refractivity contribution in [2.75, 3.05) is 9.80 Å². The van der Waals surface area contributed by atoms with E-state index in [2.05, 4.69) is 4.98 Å². The van der Waals surface area contributed by atoms with Gasteiger partial charge < -0.3 is 0 Å². The molecule has 1 aromatic heterocycles. The van der Waals surface area contributed by atoms with Crippen LogP contribution in [0.15, 0.2) is 36.5 Å². The Morgan fingerprint density at radius 2 is 1.66 bits per heavy atom. The van der Waals surface area contributed by atoms with Crippen LogP contribution in [0.5, 0.6) is 0 Å². The van der Waals surface area contributed by atoms with Crippen LogP contribution < -0.4 is 9.80 Å². The number of hydrogen-bond donors (Lipinski definition) is 0. The van der Waals surface area contributed by atoms with Crippen LogP contribution in [0.4, 0.5) is 33.7 Å². The SMILES string of the molecule is N#Cc1ccc(N2C(=O)N(c3ccnc(F)c3)[C@H]3CCCC[C@@H]32)cc1C(F)(F)F. The summed E-state index contributed by atoms with van der Waals surface area (Å²) in [4.78, 5) is 19.6. The van der Waals surface area contributed by atoms with Crippen LogP contribution in [0.2, 0.25) is 0 Å². The number of carbonyl (C=O) groups excluding carboxylic acids is 1. The Labute approximate surface area is 164 Å². The van der Waals surface area contributed by atoms with E-state index in [1.54, 1.807) is 6.07 Å². The van der Waals surface area contributed by atoms with Gasteiger partial charge in [-0.25, -0.2) is 9.78 Å². The van der Waals surface area contributed by atoms with Gasteiger partial charge in [0, 0.05) is 18.0 Å². The van der Waals surface area contributed by atoms with Gasteiger partial charge in [0.2, 0.25) is 5.95 Å². The second kappa shape index (κ2) is 7.03. The number of amides is 2.